The van der Waals surface area contributed by atoms with E-state index < -0.39 is 10.0 Å². The van der Waals surface area contributed by atoms with E-state index in [1.54, 1.807) is 23.5 Å². The van der Waals surface area contributed by atoms with Gasteiger partial charge in [-0.15, -0.1) is 0 Å². The molecule has 1 aliphatic rings. The van der Waals surface area contributed by atoms with Crippen LogP contribution in [0.2, 0.25) is 0 Å². The van der Waals surface area contributed by atoms with Crippen LogP contribution < -0.4 is 11.1 Å². The first kappa shape index (κ1) is 24.0. The molecule has 0 saturated carbocycles. The summed E-state index contributed by atoms with van der Waals surface area (Å²) in [5, 5.41) is 7.54. The molecule has 1 fully saturated rings. The summed E-state index contributed by atoms with van der Waals surface area (Å²) >= 11 is 1.59. The molecule has 11 heteroatoms. The normalized spacial score (nSPS) is 14.3. The summed E-state index contributed by atoms with van der Waals surface area (Å²) in [4.78, 5) is 21.2. The number of amides is 1. The van der Waals surface area contributed by atoms with Gasteiger partial charge in [0.05, 0.1) is 23.2 Å². The second kappa shape index (κ2) is 9.39. The van der Waals surface area contributed by atoms with Crippen molar-refractivity contribution in [2.75, 3.05) is 25.1 Å². The second-order valence-corrected chi connectivity index (χ2v) is 11.5. The number of hydrogen-bond donors (Lipinski definition) is 2. The van der Waals surface area contributed by atoms with Crippen LogP contribution in [0.15, 0.2) is 47.5 Å². The van der Waals surface area contributed by atoms with Gasteiger partial charge >= 0.3 is 0 Å². The molecule has 0 bridgehead atoms. The van der Waals surface area contributed by atoms with Crippen LogP contribution in [0.3, 0.4) is 0 Å². The number of carbonyl (C=O) groups excluding carboxylic acids is 1. The Morgan fingerprint density at radius 3 is 2.72 bits per heavy atom. The number of nitrogens with two attached hydrogens (primary N) is 1. The third-order valence-corrected chi connectivity index (χ3v) is 8.16. The minimum Gasteiger partial charge on any atom is -0.383 e. The van der Waals surface area contributed by atoms with Gasteiger partial charge in [-0.2, -0.15) is 15.6 Å². The summed E-state index contributed by atoms with van der Waals surface area (Å²) in [7, 11) is -3.24. The maximum Gasteiger partial charge on any atom is 0.251 e. The predicted octanol–water partition coefficient (Wildman–Crippen LogP) is 2.53. The molecule has 3 aromatic heterocycles. The maximum absolute atomic E-state index is 12.7. The molecule has 4 aromatic rings. The Hall–Kier alpha value is -3.72. The lowest BCUT2D eigenvalue weighted by Crippen LogP contribution is -2.50. The Morgan fingerprint density at radius 1 is 1.22 bits per heavy atom. The van der Waals surface area contributed by atoms with Crippen molar-refractivity contribution >= 4 is 44.1 Å². The molecule has 0 unspecified atom stereocenters. The van der Waals surface area contributed by atoms with Gasteiger partial charge < -0.3 is 15.6 Å². The van der Waals surface area contributed by atoms with Gasteiger partial charge in [0.2, 0.25) is 10.0 Å². The fourth-order valence-electron chi connectivity index (χ4n) is 4.06. The number of hydrogen-bond acceptors (Lipinski definition) is 7. The molecule has 36 heavy (non-hydrogen) atoms. The zero-order chi connectivity index (χ0) is 25.4. The van der Waals surface area contributed by atoms with Crippen LogP contribution in [0, 0.1) is 18.8 Å². The van der Waals surface area contributed by atoms with E-state index in [4.69, 9.17) is 5.73 Å². The summed E-state index contributed by atoms with van der Waals surface area (Å²) in [6.45, 7) is 3.13. The average Bonchev–Trinajstić information content (AvgIpc) is 3.44. The highest BCUT2D eigenvalue weighted by Crippen LogP contribution is 2.31. The lowest BCUT2D eigenvalue weighted by Gasteiger charge is -2.38. The van der Waals surface area contributed by atoms with Gasteiger partial charge in [-0.25, -0.2) is 18.4 Å². The molecule has 1 aliphatic heterocycles. The Bertz CT molecular complexity index is 1630. The highest BCUT2D eigenvalue weighted by atomic mass is 32.2. The number of carbonyl (C=O) groups is 1. The molecule has 0 spiro atoms. The van der Waals surface area contributed by atoms with Gasteiger partial charge in [0.15, 0.2) is 0 Å². The molecule has 1 aromatic carbocycles. The molecule has 9 nitrogen and oxygen atoms in total. The van der Waals surface area contributed by atoms with E-state index in [0.717, 1.165) is 16.7 Å². The number of rotatable bonds is 5. The monoisotopic (exact) mass is 520 g/mol. The average molecular weight is 521 g/mol. The summed E-state index contributed by atoms with van der Waals surface area (Å²) < 4.78 is 26.9. The molecular formula is C25H24N6O3S2. The standard InChI is InChI=1S/C25H24N6O3S2/c1-16-3-4-19(25(32)27-10-17-7-8-35-14-17)9-18(16)5-6-20-11-31(21-12-30(13-21)36(2,33)34)24-22(20)23(26)28-15-29-24/h3-4,7-9,11,14-15,21H,10,12-13H2,1-2H3,(H,27,32)(H2,26,28,29). The number of nitrogens with one attached hydrogen (secondary N) is 1. The number of aryl methyl sites for hydroxylation is 1. The Labute approximate surface area is 213 Å². The minimum atomic E-state index is -3.24. The van der Waals surface area contributed by atoms with Crippen LogP contribution >= 0.6 is 11.3 Å². The van der Waals surface area contributed by atoms with Crippen LogP contribution in [-0.2, 0) is 16.6 Å². The zero-order valence-electron chi connectivity index (χ0n) is 19.7. The van der Waals surface area contributed by atoms with Crippen LogP contribution in [0.25, 0.3) is 11.0 Å². The van der Waals surface area contributed by atoms with E-state index in [9.17, 15) is 13.2 Å². The van der Waals surface area contributed by atoms with Crippen molar-refractivity contribution in [3.8, 4) is 11.8 Å². The van der Waals surface area contributed by atoms with E-state index >= 15 is 0 Å². The van der Waals surface area contributed by atoms with Crippen molar-refractivity contribution in [1.29, 1.82) is 0 Å². The quantitative estimate of drug-likeness (QED) is 0.390. The molecule has 0 atom stereocenters. The van der Waals surface area contributed by atoms with E-state index in [-0.39, 0.29) is 11.9 Å². The highest BCUT2D eigenvalue weighted by Gasteiger charge is 2.35. The molecule has 4 heterocycles. The highest BCUT2D eigenvalue weighted by molar-refractivity contribution is 7.88. The van der Waals surface area contributed by atoms with Gasteiger partial charge in [0, 0.05) is 37.0 Å². The van der Waals surface area contributed by atoms with E-state index in [1.165, 1.54) is 16.9 Å². The number of nitrogens with zero attached hydrogens (tertiary/aromatic N) is 4. The van der Waals surface area contributed by atoms with Gasteiger partial charge in [-0.3, -0.25) is 4.79 Å². The van der Waals surface area contributed by atoms with Crippen molar-refractivity contribution < 1.29 is 13.2 Å². The molecule has 1 amide bonds. The first-order valence-electron chi connectivity index (χ1n) is 11.2. The predicted molar refractivity (Wildman–Crippen MR) is 140 cm³/mol. The lowest BCUT2D eigenvalue weighted by molar-refractivity contribution is 0.0951. The van der Waals surface area contributed by atoms with Gasteiger partial charge in [-0.05, 0) is 47.0 Å². The first-order chi connectivity index (χ1) is 17.2. The SMILES string of the molecule is Cc1ccc(C(=O)NCc2ccsc2)cc1C#Cc1cn(C2CN(S(C)(=O)=O)C2)c2ncnc(N)c12. The molecule has 0 radical (unpaired) electrons. The van der Waals surface area contributed by atoms with Crippen molar-refractivity contribution in [2.45, 2.75) is 19.5 Å². The number of fused-ring (bicyclic) bond motifs is 1. The number of nitrogen functional groups attached to an aromatic ring is 1. The number of sulfonamides is 1. The molecule has 0 aliphatic carbocycles. The number of anilines is 1. The van der Waals surface area contributed by atoms with Crippen molar-refractivity contribution in [1.82, 2.24) is 24.2 Å². The van der Waals surface area contributed by atoms with Crippen molar-refractivity contribution in [2.24, 2.45) is 0 Å². The topological polar surface area (TPSA) is 123 Å². The molecular weight excluding hydrogens is 496 g/mol. The molecule has 1 saturated heterocycles. The summed E-state index contributed by atoms with van der Waals surface area (Å²) in [5.41, 5.74) is 10.7. The number of aromatic nitrogens is 3. The lowest BCUT2D eigenvalue weighted by atomic mass is 10.0. The largest absolute Gasteiger partial charge is 0.383 e. The van der Waals surface area contributed by atoms with Crippen molar-refractivity contribution in [3.05, 3.63) is 75.4 Å². The van der Waals surface area contributed by atoms with Gasteiger partial charge in [-0.1, -0.05) is 17.9 Å². The smallest absolute Gasteiger partial charge is 0.251 e. The van der Waals surface area contributed by atoms with Crippen LogP contribution in [-0.4, -0.2) is 52.5 Å². The fourth-order valence-corrected chi connectivity index (χ4v) is 5.61. The fraction of sp³-hybridized carbons (Fsp3) is 0.240. The van der Waals surface area contributed by atoms with Gasteiger partial charge in [0.25, 0.3) is 5.91 Å². The number of thiophene rings is 1. The number of benzene rings is 1. The third-order valence-electron chi connectivity index (χ3n) is 6.19. The summed E-state index contributed by atoms with van der Waals surface area (Å²) in [5.74, 6) is 6.49. The van der Waals surface area contributed by atoms with E-state index in [0.29, 0.717) is 47.6 Å². The maximum atomic E-state index is 12.7. The van der Waals surface area contributed by atoms with Crippen molar-refractivity contribution in [3.63, 3.8) is 0 Å². The van der Waals surface area contributed by atoms with E-state index in [2.05, 4.69) is 27.1 Å². The Kier molecular flexibility index (Phi) is 6.26. The second-order valence-electron chi connectivity index (χ2n) is 8.74. The third kappa shape index (κ3) is 4.70. The van der Waals surface area contributed by atoms with Crippen LogP contribution in [0.5, 0.6) is 0 Å². The Balaban J connectivity index is 1.43. The molecule has 184 valence electrons. The first-order valence-corrected chi connectivity index (χ1v) is 14.0. The zero-order valence-corrected chi connectivity index (χ0v) is 21.4. The molecule has 3 N–H and O–H groups in total. The summed E-state index contributed by atoms with van der Waals surface area (Å²) in [6, 6.07) is 7.35. The summed E-state index contributed by atoms with van der Waals surface area (Å²) in [6.07, 6.45) is 4.44. The van der Waals surface area contributed by atoms with Gasteiger partial charge in [0.1, 0.15) is 17.8 Å². The van der Waals surface area contributed by atoms with Crippen LogP contribution in [0.1, 0.15) is 38.7 Å². The van der Waals surface area contributed by atoms with E-state index in [1.807, 2.05) is 40.6 Å². The minimum absolute atomic E-state index is 0.0657. The van der Waals surface area contributed by atoms with Crippen LogP contribution in [0.4, 0.5) is 5.82 Å². The Morgan fingerprint density at radius 2 is 2.00 bits per heavy atom. The molecule has 5 rings (SSSR count).